The minimum Gasteiger partial charge on any atom is -0.307 e. The molecule has 0 bridgehead atoms. The van der Waals surface area contributed by atoms with Crippen LogP contribution in [-0.2, 0) is 4.79 Å². The molecule has 4 nitrogen and oxygen atoms in total. The fraction of sp³-hybridized carbons (Fsp3) is 0.200. The van der Waals surface area contributed by atoms with Crippen LogP contribution in [0.25, 0.3) is 11.3 Å². The number of amides is 1. The summed E-state index contributed by atoms with van der Waals surface area (Å²) in [5.74, 6) is 0.445. The third-order valence-electron chi connectivity index (χ3n) is 2.73. The van der Waals surface area contributed by atoms with E-state index < -0.39 is 0 Å². The number of carbonyl (C=O) groups excluding carboxylic acids is 1. The predicted molar refractivity (Wildman–Crippen MR) is 76.9 cm³/mol. The molecule has 0 unspecified atom stereocenters. The molecule has 1 aromatic carbocycles. The first-order valence-corrected chi connectivity index (χ1v) is 6.20. The van der Waals surface area contributed by atoms with Gasteiger partial charge in [-0.3, -0.25) is 4.79 Å². The van der Waals surface area contributed by atoms with Crippen LogP contribution >= 0.6 is 0 Å². The Morgan fingerprint density at radius 1 is 1.37 bits per heavy atom. The minimum atomic E-state index is -0.235. The third-order valence-corrected chi connectivity index (χ3v) is 2.73. The van der Waals surface area contributed by atoms with Crippen LogP contribution in [0.4, 0.5) is 5.82 Å². The van der Waals surface area contributed by atoms with Gasteiger partial charge in [0.05, 0.1) is 5.69 Å². The van der Waals surface area contributed by atoms with E-state index in [0.29, 0.717) is 5.82 Å². The molecular weight excluding hydrogens is 238 g/mol. The molecule has 98 valence electrons. The molecule has 1 amide bonds. The van der Waals surface area contributed by atoms with Gasteiger partial charge in [0.15, 0.2) is 0 Å². The van der Waals surface area contributed by atoms with E-state index in [1.165, 1.54) is 6.08 Å². The zero-order chi connectivity index (χ0) is 13.8. The topological polar surface area (TPSA) is 46.9 Å². The van der Waals surface area contributed by atoms with Crippen molar-refractivity contribution in [2.75, 3.05) is 5.32 Å². The Balaban J connectivity index is 2.40. The van der Waals surface area contributed by atoms with Crippen LogP contribution in [-0.4, -0.2) is 15.7 Å². The number of anilines is 1. The average Bonchev–Trinajstić information content (AvgIpc) is 2.83. The molecule has 0 aliphatic heterocycles. The highest BCUT2D eigenvalue weighted by atomic mass is 16.1. The van der Waals surface area contributed by atoms with Crippen LogP contribution in [0, 0.1) is 0 Å². The van der Waals surface area contributed by atoms with Crippen molar-refractivity contribution < 1.29 is 4.79 Å². The molecule has 0 atom stereocenters. The predicted octanol–water partition coefficient (Wildman–Crippen LogP) is 3.26. The van der Waals surface area contributed by atoms with Crippen LogP contribution in [0.2, 0.25) is 0 Å². The van der Waals surface area contributed by atoms with Gasteiger partial charge in [-0.25, -0.2) is 4.68 Å². The lowest BCUT2D eigenvalue weighted by Crippen LogP contribution is -2.14. The molecule has 4 heteroatoms. The van der Waals surface area contributed by atoms with Gasteiger partial charge in [0.2, 0.25) is 5.91 Å². The molecule has 0 aliphatic rings. The summed E-state index contributed by atoms with van der Waals surface area (Å²) < 4.78 is 1.80. The highest BCUT2D eigenvalue weighted by Crippen LogP contribution is 2.24. The molecule has 0 spiro atoms. The van der Waals surface area contributed by atoms with Gasteiger partial charge in [-0.15, -0.1) is 0 Å². The maximum atomic E-state index is 11.4. The van der Waals surface area contributed by atoms with Gasteiger partial charge in [-0.2, -0.15) is 5.10 Å². The lowest BCUT2D eigenvalue weighted by atomic mass is 10.2. The second kappa shape index (κ2) is 5.52. The summed E-state index contributed by atoms with van der Waals surface area (Å²) in [5, 5.41) is 7.31. The Labute approximate surface area is 112 Å². The summed E-state index contributed by atoms with van der Waals surface area (Å²) >= 11 is 0. The standard InChI is InChI=1S/C15H17N3O/c1-4-15(19)16-14-10-13(17-18(14)11(2)3)12-8-6-5-7-9-12/h4-11H,1H2,2-3H3,(H,16,19). The lowest BCUT2D eigenvalue weighted by Gasteiger charge is -2.10. The fourth-order valence-corrected chi connectivity index (χ4v) is 1.81. The van der Waals surface area contributed by atoms with Gasteiger partial charge >= 0.3 is 0 Å². The molecule has 0 saturated heterocycles. The normalized spacial score (nSPS) is 10.5. The molecule has 19 heavy (non-hydrogen) atoms. The van der Waals surface area contributed by atoms with Gasteiger partial charge in [0.25, 0.3) is 0 Å². The Morgan fingerprint density at radius 2 is 2.05 bits per heavy atom. The molecule has 1 N–H and O–H groups in total. The number of hydrogen-bond acceptors (Lipinski definition) is 2. The Bertz CT molecular complexity index is 585. The summed E-state index contributed by atoms with van der Waals surface area (Å²) in [6, 6.07) is 11.9. The van der Waals surface area contributed by atoms with E-state index in [2.05, 4.69) is 17.0 Å². The Morgan fingerprint density at radius 3 is 2.63 bits per heavy atom. The second-order valence-corrected chi connectivity index (χ2v) is 4.51. The SMILES string of the molecule is C=CC(=O)Nc1cc(-c2ccccc2)nn1C(C)C. The zero-order valence-electron chi connectivity index (χ0n) is 11.1. The van der Waals surface area contributed by atoms with Crippen molar-refractivity contribution in [1.29, 1.82) is 0 Å². The van der Waals surface area contributed by atoms with Crippen molar-refractivity contribution in [3.05, 3.63) is 49.1 Å². The van der Waals surface area contributed by atoms with Gasteiger partial charge in [-0.1, -0.05) is 36.9 Å². The lowest BCUT2D eigenvalue weighted by molar-refractivity contribution is -0.111. The molecule has 1 aromatic heterocycles. The third kappa shape index (κ3) is 2.91. The van der Waals surface area contributed by atoms with E-state index in [0.717, 1.165) is 11.3 Å². The highest BCUT2D eigenvalue weighted by Gasteiger charge is 2.12. The summed E-state index contributed by atoms with van der Waals surface area (Å²) in [5.41, 5.74) is 1.87. The minimum absolute atomic E-state index is 0.164. The number of rotatable bonds is 4. The van der Waals surface area contributed by atoms with E-state index in [1.807, 2.05) is 50.2 Å². The van der Waals surface area contributed by atoms with E-state index in [9.17, 15) is 4.79 Å². The van der Waals surface area contributed by atoms with Crippen molar-refractivity contribution in [3.8, 4) is 11.3 Å². The van der Waals surface area contributed by atoms with Crippen molar-refractivity contribution in [2.45, 2.75) is 19.9 Å². The van der Waals surface area contributed by atoms with Gasteiger partial charge in [0.1, 0.15) is 5.82 Å². The zero-order valence-corrected chi connectivity index (χ0v) is 11.1. The molecular formula is C15H17N3O. The van der Waals surface area contributed by atoms with Crippen molar-refractivity contribution in [2.24, 2.45) is 0 Å². The largest absolute Gasteiger partial charge is 0.307 e. The van der Waals surface area contributed by atoms with E-state index in [-0.39, 0.29) is 11.9 Å². The Kier molecular flexibility index (Phi) is 3.80. The quantitative estimate of drug-likeness (QED) is 0.852. The number of aromatic nitrogens is 2. The van der Waals surface area contributed by atoms with Gasteiger partial charge in [-0.05, 0) is 19.9 Å². The summed E-state index contributed by atoms with van der Waals surface area (Å²) in [6.45, 7) is 7.49. The maximum absolute atomic E-state index is 11.4. The summed E-state index contributed by atoms with van der Waals surface area (Å²) in [4.78, 5) is 11.4. The smallest absolute Gasteiger partial charge is 0.248 e. The second-order valence-electron chi connectivity index (χ2n) is 4.51. The van der Waals surface area contributed by atoms with Gasteiger partial charge < -0.3 is 5.32 Å². The molecule has 0 aliphatic carbocycles. The number of nitrogens with one attached hydrogen (secondary N) is 1. The van der Waals surface area contributed by atoms with Crippen molar-refractivity contribution >= 4 is 11.7 Å². The number of nitrogens with zero attached hydrogens (tertiary/aromatic N) is 2. The number of hydrogen-bond donors (Lipinski definition) is 1. The van der Waals surface area contributed by atoms with Gasteiger partial charge in [0, 0.05) is 17.7 Å². The van der Waals surface area contributed by atoms with Crippen LogP contribution in [0.15, 0.2) is 49.1 Å². The van der Waals surface area contributed by atoms with Crippen LogP contribution in [0.5, 0.6) is 0 Å². The van der Waals surface area contributed by atoms with Crippen molar-refractivity contribution in [3.63, 3.8) is 0 Å². The number of carbonyl (C=O) groups is 1. The molecule has 2 aromatic rings. The van der Waals surface area contributed by atoms with Crippen LogP contribution in [0.1, 0.15) is 19.9 Å². The van der Waals surface area contributed by atoms with Crippen molar-refractivity contribution in [1.82, 2.24) is 9.78 Å². The summed E-state index contributed by atoms with van der Waals surface area (Å²) in [6.07, 6.45) is 1.25. The highest BCUT2D eigenvalue weighted by molar-refractivity contribution is 5.98. The first kappa shape index (κ1) is 13.1. The molecule has 0 fully saturated rings. The first-order valence-electron chi connectivity index (χ1n) is 6.20. The average molecular weight is 255 g/mol. The van der Waals surface area contributed by atoms with E-state index in [1.54, 1.807) is 4.68 Å². The first-order chi connectivity index (χ1) is 9.11. The van der Waals surface area contributed by atoms with Crippen LogP contribution < -0.4 is 5.32 Å². The molecule has 0 saturated carbocycles. The Hall–Kier alpha value is -2.36. The molecule has 0 radical (unpaired) electrons. The van der Waals surface area contributed by atoms with E-state index in [4.69, 9.17) is 0 Å². The molecule has 2 rings (SSSR count). The number of benzene rings is 1. The maximum Gasteiger partial charge on any atom is 0.248 e. The van der Waals surface area contributed by atoms with E-state index >= 15 is 0 Å². The van der Waals surface area contributed by atoms with Crippen LogP contribution in [0.3, 0.4) is 0 Å². The summed E-state index contributed by atoms with van der Waals surface area (Å²) in [7, 11) is 0. The molecule has 1 heterocycles. The monoisotopic (exact) mass is 255 g/mol. The fourth-order valence-electron chi connectivity index (χ4n) is 1.81.